The smallest absolute Gasteiger partial charge is 0.119 e. The zero-order chi connectivity index (χ0) is 13.7. The maximum atomic E-state index is 6.11. The molecule has 2 N–H and O–H groups in total. The Labute approximate surface area is 117 Å². The largest absolute Gasteiger partial charge is 0.490 e. The minimum absolute atomic E-state index is 0.146. The third-order valence-electron chi connectivity index (χ3n) is 4.36. The molecule has 19 heavy (non-hydrogen) atoms. The monoisotopic (exact) mass is 261 g/mol. The number of ether oxygens (including phenoxy) is 1. The standard InChI is InChI=1S/C17H27NO/c1-3-13-6-5-7-16(12-13)19-15-10-8-14(9-11-15)17(18)4-2/h8-11,13,16-17H,3-7,12,18H2,1-2H3. The lowest BCUT2D eigenvalue weighted by Crippen LogP contribution is -2.25. The number of rotatable bonds is 5. The van der Waals surface area contributed by atoms with Gasteiger partial charge in [0.1, 0.15) is 5.75 Å². The normalized spacial score (nSPS) is 25.0. The molecule has 3 atom stereocenters. The van der Waals surface area contributed by atoms with Crippen LogP contribution in [0.15, 0.2) is 24.3 Å². The molecule has 1 aromatic carbocycles. The Morgan fingerprint density at radius 1 is 1.21 bits per heavy atom. The van der Waals surface area contributed by atoms with Gasteiger partial charge in [-0.05, 0) is 49.3 Å². The molecule has 1 fully saturated rings. The first-order valence-electron chi connectivity index (χ1n) is 7.75. The molecule has 0 spiro atoms. The molecule has 2 rings (SSSR count). The topological polar surface area (TPSA) is 35.2 Å². The number of hydrogen-bond donors (Lipinski definition) is 1. The Bertz CT molecular complexity index is 373. The predicted octanol–water partition coefficient (Wildman–Crippen LogP) is 4.44. The van der Waals surface area contributed by atoms with Crippen LogP contribution in [0, 0.1) is 5.92 Å². The Hall–Kier alpha value is -1.02. The van der Waals surface area contributed by atoms with Gasteiger partial charge in [0.25, 0.3) is 0 Å². The molecule has 0 bridgehead atoms. The Morgan fingerprint density at radius 3 is 2.58 bits per heavy atom. The Balaban J connectivity index is 1.92. The molecule has 2 nitrogen and oxygen atoms in total. The lowest BCUT2D eigenvalue weighted by Gasteiger charge is -2.29. The first-order chi connectivity index (χ1) is 9.22. The summed E-state index contributed by atoms with van der Waals surface area (Å²) in [5.41, 5.74) is 7.22. The van der Waals surface area contributed by atoms with Crippen LogP contribution in [0.1, 0.15) is 64.0 Å². The quantitative estimate of drug-likeness (QED) is 0.850. The van der Waals surface area contributed by atoms with Gasteiger partial charge in [0.15, 0.2) is 0 Å². The van der Waals surface area contributed by atoms with Crippen LogP contribution in [0.5, 0.6) is 5.75 Å². The fourth-order valence-electron chi connectivity index (χ4n) is 2.94. The summed E-state index contributed by atoms with van der Waals surface area (Å²) in [6.45, 7) is 4.40. The van der Waals surface area contributed by atoms with Crippen molar-refractivity contribution in [3.8, 4) is 5.75 Å². The summed E-state index contributed by atoms with van der Waals surface area (Å²) in [4.78, 5) is 0. The van der Waals surface area contributed by atoms with Crippen molar-refractivity contribution in [2.75, 3.05) is 0 Å². The number of nitrogens with two attached hydrogens (primary N) is 1. The van der Waals surface area contributed by atoms with Gasteiger partial charge in [-0.15, -0.1) is 0 Å². The fourth-order valence-corrected chi connectivity index (χ4v) is 2.94. The summed E-state index contributed by atoms with van der Waals surface area (Å²) < 4.78 is 6.11. The molecule has 0 saturated heterocycles. The summed E-state index contributed by atoms with van der Waals surface area (Å²) in [5, 5.41) is 0. The molecule has 0 aromatic heterocycles. The summed E-state index contributed by atoms with van der Waals surface area (Å²) in [6, 6.07) is 8.49. The van der Waals surface area contributed by atoms with Crippen molar-refractivity contribution < 1.29 is 4.74 Å². The summed E-state index contributed by atoms with van der Waals surface area (Å²) in [5.74, 6) is 1.85. The van der Waals surface area contributed by atoms with Crippen molar-refractivity contribution in [3.63, 3.8) is 0 Å². The van der Waals surface area contributed by atoms with Crippen LogP contribution in [0.3, 0.4) is 0 Å². The van der Waals surface area contributed by atoms with E-state index < -0.39 is 0 Å². The van der Waals surface area contributed by atoms with Crippen LogP contribution >= 0.6 is 0 Å². The maximum Gasteiger partial charge on any atom is 0.119 e. The SMILES string of the molecule is CCC1CCCC(Oc2ccc(C(N)CC)cc2)C1. The van der Waals surface area contributed by atoms with Gasteiger partial charge in [0.2, 0.25) is 0 Å². The van der Waals surface area contributed by atoms with Crippen molar-refractivity contribution >= 4 is 0 Å². The van der Waals surface area contributed by atoms with E-state index in [4.69, 9.17) is 10.5 Å². The van der Waals surface area contributed by atoms with Gasteiger partial charge in [-0.1, -0.05) is 38.8 Å². The highest BCUT2D eigenvalue weighted by atomic mass is 16.5. The van der Waals surface area contributed by atoms with Crippen LogP contribution in [0.2, 0.25) is 0 Å². The first kappa shape index (κ1) is 14.4. The van der Waals surface area contributed by atoms with Crippen molar-refractivity contribution in [2.24, 2.45) is 11.7 Å². The fraction of sp³-hybridized carbons (Fsp3) is 0.647. The zero-order valence-electron chi connectivity index (χ0n) is 12.3. The Morgan fingerprint density at radius 2 is 1.95 bits per heavy atom. The second-order valence-electron chi connectivity index (χ2n) is 5.76. The molecule has 1 aromatic rings. The van der Waals surface area contributed by atoms with E-state index in [2.05, 4.69) is 38.1 Å². The van der Waals surface area contributed by atoms with Crippen LogP contribution in [-0.2, 0) is 0 Å². The molecule has 106 valence electrons. The Kier molecular flexibility index (Phi) is 5.26. The molecule has 0 aliphatic heterocycles. The average molecular weight is 261 g/mol. The van der Waals surface area contributed by atoms with E-state index in [-0.39, 0.29) is 6.04 Å². The number of benzene rings is 1. The van der Waals surface area contributed by atoms with E-state index in [0.29, 0.717) is 6.10 Å². The second-order valence-corrected chi connectivity index (χ2v) is 5.76. The molecule has 0 radical (unpaired) electrons. The van der Waals surface area contributed by atoms with E-state index in [1.807, 2.05) is 0 Å². The van der Waals surface area contributed by atoms with Crippen molar-refractivity contribution in [2.45, 2.75) is 64.5 Å². The van der Waals surface area contributed by atoms with E-state index in [9.17, 15) is 0 Å². The van der Waals surface area contributed by atoms with Crippen molar-refractivity contribution in [3.05, 3.63) is 29.8 Å². The summed E-state index contributed by atoms with van der Waals surface area (Å²) in [7, 11) is 0. The molecule has 3 unspecified atom stereocenters. The van der Waals surface area contributed by atoms with Gasteiger partial charge in [-0.25, -0.2) is 0 Å². The van der Waals surface area contributed by atoms with Gasteiger partial charge in [-0.3, -0.25) is 0 Å². The molecule has 0 amide bonds. The van der Waals surface area contributed by atoms with Crippen molar-refractivity contribution in [1.82, 2.24) is 0 Å². The lowest BCUT2D eigenvalue weighted by atomic mass is 9.85. The molecule has 0 heterocycles. The summed E-state index contributed by atoms with van der Waals surface area (Å²) >= 11 is 0. The molecular weight excluding hydrogens is 234 g/mol. The van der Waals surface area contributed by atoms with Crippen LogP contribution in [-0.4, -0.2) is 6.10 Å². The first-order valence-corrected chi connectivity index (χ1v) is 7.75. The van der Waals surface area contributed by atoms with Gasteiger partial charge in [-0.2, -0.15) is 0 Å². The zero-order valence-corrected chi connectivity index (χ0v) is 12.3. The minimum atomic E-state index is 0.146. The highest BCUT2D eigenvalue weighted by Gasteiger charge is 2.22. The van der Waals surface area contributed by atoms with Gasteiger partial charge in [0.05, 0.1) is 6.10 Å². The van der Waals surface area contributed by atoms with Crippen molar-refractivity contribution in [1.29, 1.82) is 0 Å². The van der Waals surface area contributed by atoms with E-state index in [1.54, 1.807) is 0 Å². The van der Waals surface area contributed by atoms with E-state index >= 15 is 0 Å². The predicted molar refractivity (Wildman–Crippen MR) is 80.3 cm³/mol. The lowest BCUT2D eigenvalue weighted by molar-refractivity contribution is 0.122. The minimum Gasteiger partial charge on any atom is -0.490 e. The highest BCUT2D eigenvalue weighted by Crippen LogP contribution is 2.30. The van der Waals surface area contributed by atoms with Crippen LogP contribution in [0.25, 0.3) is 0 Å². The van der Waals surface area contributed by atoms with Crippen LogP contribution < -0.4 is 10.5 Å². The van der Waals surface area contributed by atoms with E-state index in [0.717, 1.165) is 18.1 Å². The summed E-state index contributed by atoms with van der Waals surface area (Å²) in [6.07, 6.45) is 7.76. The van der Waals surface area contributed by atoms with E-state index in [1.165, 1.54) is 37.7 Å². The third kappa shape index (κ3) is 3.97. The molecule has 1 saturated carbocycles. The van der Waals surface area contributed by atoms with Gasteiger partial charge < -0.3 is 10.5 Å². The van der Waals surface area contributed by atoms with Crippen LogP contribution in [0.4, 0.5) is 0 Å². The average Bonchev–Trinajstić information content (AvgIpc) is 2.47. The molecule has 1 aliphatic rings. The maximum absolute atomic E-state index is 6.11. The van der Waals surface area contributed by atoms with Gasteiger partial charge in [0, 0.05) is 6.04 Å². The third-order valence-corrected chi connectivity index (χ3v) is 4.36. The highest BCUT2D eigenvalue weighted by molar-refractivity contribution is 5.29. The molecule has 1 aliphatic carbocycles. The van der Waals surface area contributed by atoms with Gasteiger partial charge >= 0.3 is 0 Å². The second kappa shape index (κ2) is 6.95. The number of hydrogen-bond acceptors (Lipinski definition) is 2. The molecular formula is C17H27NO. The molecule has 2 heteroatoms.